The fourth-order valence-electron chi connectivity index (χ4n) is 2.68. The molecule has 0 aliphatic carbocycles. The summed E-state index contributed by atoms with van der Waals surface area (Å²) in [6.45, 7) is -0.621. The molecule has 11 heteroatoms. The maximum atomic E-state index is 14.2. The Balaban J connectivity index is 1.89. The summed E-state index contributed by atoms with van der Waals surface area (Å²) in [7, 11) is 0.131. The molecule has 8 nitrogen and oxygen atoms in total. The fraction of sp³-hybridized carbons (Fsp3) is 0.222. The molecule has 0 aliphatic heterocycles. The van der Waals surface area contributed by atoms with E-state index in [9.17, 15) is 22.4 Å². The number of aryl methyl sites for hydroxylation is 1. The zero-order valence-corrected chi connectivity index (χ0v) is 17.6. The number of nitrogens with one attached hydrogen (secondary N) is 1. The molecule has 1 heterocycles. The normalized spacial score (nSPS) is 11.8. The number of thiazole rings is 1. The Morgan fingerprint density at radius 2 is 1.90 bits per heavy atom. The number of para-hydroxylation sites is 1. The van der Waals surface area contributed by atoms with Gasteiger partial charge >= 0.3 is 15.1 Å². The zero-order valence-electron chi connectivity index (χ0n) is 15.9. The highest BCUT2D eigenvalue weighted by Gasteiger charge is 2.29. The molecule has 154 valence electrons. The van der Waals surface area contributed by atoms with Gasteiger partial charge in [-0.3, -0.25) is 9.59 Å². The Morgan fingerprint density at radius 3 is 2.55 bits per heavy atom. The zero-order chi connectivity index (χ0) is 21.3. The van der Waals surface area contributed by atoms with E-state index < -0.39 is 28.5 Å². The maximum Gasteiger partial charge on any atom is 0.307 e. The third-order valence-corrected chi connectivity index (χ3v) is 7.03. The lowest BCUT2D eigenvalue weighted by Crippen LogP contribution is -2.44. The van der Waals surface area contributed by atoms with Crippen LogP contribution in [0.15, 0.2) is 47.3 Å². The van der Waals surface area contributed by atoms with Crippen molar-refractivity contribution in [1.29, 1.82) is 0 Å². The van der Waals surface area contributed by atoms with Crippen LogP contribution in [-0.4, -0.2) is 43.8 Å². The first-order valence-corrected chi connectivity index (χ1v) is 10.7. The van der Waals surface area contributed by atoms with E-state index in [4.69, 9.17) is 0 Å². The van der Waals surface area contributed by atoms with Crippen molar-refractivity contribution in [3.05, 3.63) is 57.9 Å². The first kappa shape index (κ1) is 21.0. The quantitative estimate of drug-likeness (QED) is 0.637. The molecule has 1 amide bonds. The van der Waals surface area contributed by atoms with E-state index in [1.165, 1.54) is 36.9 Å². The van der Waals surface area contributed by atoms with Crippen LogP contribution in [0.5, 0.6) is 0 Å². The number of anilines is 2. The molecule has 0 radical (unpaired) electrons. The second kappa shape index (κ2) is 7.93. The Bertz CT molecular complexity index is 1230. The first-order valence-electron chi connectivity index (χ1n) is 8.45. The summed E-state index contributed by atoms with van der Waals surface area (Å²) >= 11 is 1.03. The van der Waals surface area contributed by atoms with Crippen molar-refractivity contribution < 1.29 is 17.6 Å². The predicted molar refractivity (Wildman–Crippen MR) is 112 cm³/mol. The molecule has 0 unspecified atom stereocenters. The molecule has 0 fully saturated rings. The lowest BCUT2D eigenvalue weighted by atomic mass is 10.3. The smallest absolute Gasteiger partial charge is 0.307 e. The first-order chi connectivity index (χ1) is 13.6. The van der Waals surface area contributed by atoms with E-state index in [2.05, 4.69) is 5.32 Å². The molecule has 29 heavy (non-hydrogen) atoms. The lowest BCUT2D eigenvalue weighted by molar-refractivity contribution is -0.114. The van der Waals surface area contributed by atoms with Crippen LogP contribution >= 0.6 is 11.3 Å². The number of halogens is 1. The highest BCUT2D eigenvalue weighted by Crippen LogP contribution is 2.24. The number of carbonyl (C=O) groups excluding carboxylic acids is 1. The minimum absolute atomic E-state index is 0.133. The van der Waals surface area contributed by atoms with Gasteiger partial charge in [-0.25, -0.2) is 8.70 Å². The summed E-state index contributed by atoms with van der Waals surface area (Å²) in [4.78, 5) is 24.2. The Morgan fingerprint density at radius 1 is 1.21 bits per heavy atom. The van der Waals surface area contributed by atoms with Gasteiger partial charge in [-0.1, -0.05) is 23.5 Å². The van der Waals surface area contributed by atoms with Crippen molar-refractivity contribution in [1.82, 2.24) is 8.87 Å². The van der Waals surface area contributed by atoms with E-state index in [0.29, 0.717) is 14.7 Å². The summed E-state index contributed by atoms with van der Waals surface area (Å²) in [5.41, 5.74) is 0.898. The molecule has 0 atom stereocenters. The summed E-state index contributed by atoms with van der Waals surface area (Å²) in [5, 5.41) is 2.60. The fourth-order valence-corrected chi connectivity index (χ4v) is 4.67. The Kier molecular flexibility index (Phi) is 5.73. The molecular formula is C18H19FN4O4S2. The van der Waals surface area contributed by atoms with Gasteiger partial charge in [0.1, 0.15) is 12.4 Å². The van der Waals surface area contributed by atoms with E-state index in [0.717, 1.165) is 27.2 Å². The minimum Gasteiger partial charge on any atom is -0.324 e. The van der Waals surface area contributed by atoms with Gasteiger partial charge in [-0.05, 0) is 30.3 Å². The van der Waals surface area contributed by atoms with Gasteiger partial charge in [0.05, 0.1) is 15.9 Å². The number of hydrogen-bond acceptors (Lipinski definition) is 5. The van der Waals surface area contributed by atoms with Crippen LogP contribution < -0.4 is 14.5 Å². The monoisotopic (exact) mass is 438 g/mol. The summed E-state index contributed by atoms with van der Waals surface area (Å²) in [6, 6.07) is 10.3. The molecule has 3 rings (SSSR count). The van der Waals surface area contributed by atoms with Crippen LogP contribution in [0, 0.1) is 5.82 Å². The average molecular weight is 439 g/mol. The third kappa shape index (κ3) is 4.16. The van der Waals surface area contributed by atoms with Gasteiger partial charge in [0, 0.05) is 26.8 Å². The molecule has 2 aromatic carbocycles. The second-order valence-corrected chi connectivity index (χ2v) is 9.47. The standard InChI is InChI=1S/C18H19FN4O4S2/c1-21(2)29(26,27)23(14-7-5-4-6-13(14)19)11-17(24)20-12-8-9-15-16(10-12)28-18(25)22(15)3/h4-10H,11H2,1-3H3,(H,20,24). The van der Waals surface area contributed by atoms with E-state index in [1.54, 1.807) is 25.2 Å². The molecular weight excluding hydrogens is 419 g/mol. The van der Waals surface area contributed by atoms with E-state index >= 15 is 0 Å². The van der Waals surface area contributed by atoms with Crippen molar-refractivity contribution in [2.45, 2.75) is 0 Å². The molecule has 0 bridgehead atoms. The topological polar surface area (TPSA) is 91.7 Å². The van der Waals surface area contributed by atoms with Gasteiger partial charge < -0.3 is 9.88 Å². The van der Waals surface area contributed by atoms with Crippen LogP contribution in [0.4, 0.5) is 15.8 Å². The van der Waals surface area contributed by atoms with Gasteiger partial charge in [-0.2, -0.15) is 12.7 Å². The maximum absolute atomic E-state index is 14.2. The van der Waals surface area contributed by atoms with Crippen molar-refractivity contribution in [3.8, 4) is 0 Å². The second-order valence-electron chi connectivity index (χ2n) is 6.41. The van der Waals surface area contributed by atoms with Gasteiger partial charge in [0.15, 0.2) is 0 Å². The number of fused-ring (bicyclic) bond motifs is 1. The predicted octanol–water partition coefficient (Wildman–Crippen LogP) is 1.99. The summed E-state index contributed by atoms with van der Waals surface area (Å²) in [6.07, 6.45) is 0. The molecule has 0 spiro atoms. The largest absolute Gasteiger partial charge is 0.324 e. The molecule has 3 aromatic rings. The van der Waals surface area contributed by atoms with Crippen LogP contribution in [0.2, 0.25) is 0 Å². The number of amides is 1. The number of carbonyl (C=O) groups is 1. The highest BCUT2D eigenvalue weighted by molar-refractivity contribution is 7.90. The number of rotatable bonds is 6. The summed E-state index contributed by atoms with van der Waals surface area (Å²) < 4.78 is 43.3. The van der Waals surface area contributed by atoms with Gasteiger partial charge in [0.25, 0.3) is 0 Å². The SMILES string of the molecule is CN(C)S(=O)(=O)N(CC(=O)Nc1ccc2c(c1)sc(=O)n2C)c1ccccc1F. The van der Waals surface area contributed by atoms with Crippen LogP contribution in [-0.2, 0) is 22.1 Å². The van der Waals surface area contributed by atoms with E-state index in [1.807, 2.05) is 0 Å². The average Bonchev–Trinajstić information content (AvgIpc) is 2.93. The number of benzene rings is 2. The highest BCUT2D eigenvalue weighted by atomic mass is 32.2. The number of aromatic nitrogens is 1. The molecule has 0 saturated carbocycles. The van der Waals surface area contributed by atoms with Gasteiger partial charge in [0.2, 0.25) is 5.91 Å². The lowest BCUT2D eigenvalue weighted by Gasteiger charge is -2.27. The minimum atomic E-state index is -4.12. The van der Waals surface area contributed by atoms with Crippen LogP contribution in [0.3, 0.4) is 0 Å². The van der Waals surface area contributed by atoms with Crippen molar-refractivity contribution in [2.24, 2.45) is 7.05 Å². The summed E-state index contributed by atoms with van der Waals surface area (Å²) in [5.74, 6) is -1.41. The third-order valence-electron chi connectivity index (χ3n) is 4.22. The van der Waals surface area contributed by atoms with Gasteiger partial charge in [-0.15, -0.1) is 0 Å². The molecule has 0 aliphatic rings. The Hall–Kier alpha value is -2.76. The van der Waals surface area contributed by atoms with Crippen molar-refractivity contribution in [2.75, 3.05) is 30.3 Å². The number of nitrogens with zero attached hydrogens (tertiary/aromatic N) is 3. The van der Waals surface area contributed by atoms with Crippen molar-refractivity contribution in [3.63, 3.8) is 0 Å². The van der Waals surface area contributed by atoms with Crippen LogP contribution in [0.25, 0.3) is 10.2 Å². The molecule has 1 aromatic heterocycles. The molecule has 1 N–H and O–H groups in total. The molecule has 0 saturated heterocycles. The Labute approximate surface area is 171 Å². The van der Waals surface area contributed by atoms with Crippen LogP contribution in [0.1, 0.15) is 0 Å². The van der Waals surface area contributed by atoms with E-state index in [-0.39, 0.29) is 10.6 Å². The van der Waals surface area contributed by atoms with Crippen molar-refractivity contribution >= 4 is 49.0 Å². The number of hydrogen-bond donors (Lipinski definition) is 1.